The van der Waals surface area contributed by atoms with Gasteiger partial charge in [-0.25, -0.2) is 14.6 Å². The number of amides is 1. The van der Waals surface area contributed by atoms with Gasteiger partial charge < -0.3 is 18.3 Å². The van der Waals surface area contributed by atoms with Gasteiger partial charge in [0.1, 0.15) is 5.75 Å². The highest BCUT2D eigenvalue weighted by molar-refractivity contribution is 7.22. The number of carbonyl (C=O) groups is 1. The molecule has 0 aliphatic rings. The summed E-state index contributed by atoms with van der Waals surface area (Å²) in [5, 5.41) is 0.00339. The molecule has 8 nitrogen and oxygen atoms in total. The van der Waals surface area contributed by atoms with E-state index in [0.29, 0.717) is 4.70 Å². The number of nitrogens with zero attached hydrogens (tertiary/aromatic N) is 2. The van der Waals surface area contributed by atoms with E-state index in [2.05, 4.69) is 14.5 Å². The van der Waals surface area contributed by atoms with E-state index in [-0.39, 0.29) is 22.3 Å². The highest BCUT2D eigenvalue weighted by Gasteiger charge is 2.32. The molecule has 2 heterocycles. The smallest absolute Gasteiger partial charge is 0.452 e. The van der Waals surface area contributed by atoms with Crippen LogP contribution in [0.5, 0.6) is 5.75 Å². The lowest BCUT2D eigenvalue weighted by atomic mass is 10.3. The number of halogens is 3. The summed E-state index contributed by atoms with van der Waals surface area (Å²) in [5.41, 5.74) is 0.143. The Bertz CT molecular complexity index is 1020. The predicted octanol–water partition coefficient (Wildman–Crippen LogP) is 3.95. The molecule has 26 heavy (non-hydrogen) atoms. The number of aryl methyl sites for hydroxylation is 1. The lowest BCUT2D eigenvalue weighted by Gasteiger charge is -2.14. The number of hydrogen-bond donors (Lipinski definition) is 0. The second-order valence-corrected chi connectivity index (χ2v) is 5.80. The Morgan fingerprint density at radius 2 is 2.04 bits per heavy atom. The quantitative estimate of drug-likeness (QED) is 0.668. The molecule has 0 N–H and O–H groups in total. The van der Waals surface area contributed by atoms with Crippen LogP contribution in [0, 0.1) is 6.92 Å². The van der Waals surface area contributed by atoms with E-state index >= 15 is 0 Å². The van der Waals surface area contributed by atoms with Crippen LogP contribution in [0.3, 0.4) is 0 Å². The van der Waals surface area contributed by atoms with E-state index in [4.69, 9.17) is 8.83 Å². The van der Waals surface area contributed by atoms with Gasteiger partial charge in [-0.3, -0.25) is 0 Å². The maximum atomic E-state index is 12.3. The Hall–Kier alpha value is -3.02. The first-order chi connectivity index (χ1) is 12.2. The molecule has 0 fully saturated rings. The van der Waals surface area contributed by atoms with E-state index in [1.54, 1.807) is 0 Å². The van der Waals surface area contributed by atoms with E-state index in [1.807, 2.05) is 0 Å². The van der Waals surface area contributed by atoms with Crippen molar-refractivity contribution in [2.75, 3.05) is 12.0 Å². The number of ether oxygens (including phenoxy) is 2. The summed E-state index contributed by atoms with van der Waals surface area (Å²) in [6.45, 7) is 1.39. The zero-order valence-electron chi connectivity index (χ0n) is 13.1. The van der Waals surface area contributed by atoms with Gasteiger partial charge in [0.05, 0.1) is 17.3 Å². The fourth-order valence-corrected chi connectivity index (χ4v) is 3.01. The van der Waals surface area contributed by atoms with Gasteiger partial charge in [0.25, 0.3) is 5.88 Å². The van der Waals surface area contributed by atoms with Crippen molar-refractivity contribution in [3.05, 3.63) is 34.6 Å². The summed E-state index contributed by atoms with van der Waals surface area (Å²) in [7, 11) is 1.10. The number of benzene rings is 1. The molecule has 0 saturated heterocycles. The summed E-state index contributed by atoms with van der Waals surface area (Å²) in [6, 6.07) is 3.53. The third-order valence-electron chi connectivity index (χ3n) is 3.05. The molecule has 0 radical (unpaired) electrons. The van der Waals surface area contributed by atoms with Crippen LogP contribution in [-0.2, 0) is 4.74 Å². The standard InChI is InChI=1S/C14H9F3N2O6S/c1-6-10(24-13(21)23-6)19(12(20)22-2)11-18-8-5-7(25-14(15,16)17)3-4-9(8)26-11/h3-5H,1-2H3. The molecule has 0 spiro atoms. The van der Waals surface area contributed by atoms with Gasteiger partial charge >= 0.3 is 18.3 Å². The highest BCUT2D eigenvalue weighted by Crippen LogP contribution is 2.37. The number of anilines is 2. The molecule has 1 amide bonds. The third kappa shape index (κ3) is 3.49. The Labute approximate surface area is 146 Å². The van der Waals surface area contributed by atoms with Crippen LogP contribution >= 0.6 is 11.3 Å². The van der Waals surface area contributed by atoms with Gasteiger partial charge in [-0.05, 0) is 19.1 Å². The Morgan fingerprint density at radius 1 is 1.31 bits per heavy atom. The number of rotatable bonds is 3. The van der Waals surface area contributed by atoms with Crippen molar-refractivity contribution in [2.24, 2.45) is 0 Å². The predicted molar refractivity (Wildman–Crippen MR) is 82.8 cm³/mol. The van der Waals surface area contributed by atoms with Gasteiger partial charge in [-0.15, -0.1) is 13.2 Å². The molecule has 2 aromatic heterocycles. The van der Waals surface area contributed by atoms with Gasteiger partial charge in [0, 0.05) is 6.07 Å². The van der Waals surface area contributed by atoms with Crippen LogP contribution in [0.25, 0.3) is 10.2 Å². The monoisotopic (exact) mass is 390 g/mol. The molecule has 12 heteroatoms. The van der Waals surface area contributed by atoms with Crippen molar-refractivity contribution in [1.29, 1.82) is 0 Å². The van der Waals surface area contributed by atoms with Crippen LogP contribution < -0.4 is 15.5 Å². The molecule has 0 aliphatic heterocycles. The first-order valence-corrected chi connectivity index (χ1v) is 7.64. The number of aromatic nitrogens is 1. The molecule has 0 bridgehead atoms. The summed E-state index contributed by atoms with van der Waals surface area (Å²) in [6.07, 6.45) is -5.77. The summed E-state index contributed by atoms with van der Waals surface area (Å²) >= 11 is 0.962. The minimum Gasteiger partial charge on any atom is -0.452 e. The second kappa shape index (κ2) is 6.37. The van der Waals surface area contributed by atoms with Gasteiger partial charge in [0.15, 0.2) is 5.76 Å². The fourth-order valence-electron chi connectivity index (χ4n) is 2.07. The molecule has 138 valence electrons. The molecular weight excluding hydrogens is 381 g/mol. The number of thiazole rings is 1. The number of alkyl halides is 3. The molecule has 3 aromatic rings. The van der Waals surface area contributed by atoms with Gasteiger partial charge in [-0.1, -0.05) is 11.3 Å². The number of hydrogen-bond acceptors (Lipinski definition) is 8. The molecule has 0 unspecified atom stereocenters. The van der Waals surface area contributed by atoms with Crippen molar-refractivity contribution in [3.8, 4) is 5.75 Å². The molecule has 0 saturated carbocycles. The summed E-state index contributed by atoms with van der Waals surface area (Å²) in [4.78, 5) is 28.3. The van der Waals surface area contributed by atoms with Crippen molar-refractivity contribution < 1.29 is 36.3 Å². The van der Waals surface area contributed by atoms with E-state index in [0.717, 1.165) is 35.5 Å². The third-order valence-corrected chi connectivity index (χ3v) is 4.07. The average molecular weight is 390 g/mol. The molecule has 0 atom stereocenters. The van der Waals surface area contributed by atoms with Crippen LogP contribution in [0.4, 0.5) is 29.0 Å². The first kappa shape index (κ1) is 17.8. The Morgan fingerprint density at radius 3 is 2.62 bits per heavy atom. The minimum absolute atomic E-state index is 0.000694. The van der Waals surface area contributed by atoms with Crippen LogP contribution in [-0.4, -0.2) is 24.5 Å². The Balaban J connectivity index is 2.07. The van der Waals surface area contributed by atoms with Crippen molar-refractivity contribution >= 4 is 38.7 Å². The van der Waals surface area contributed by atoms with E-state index in [9.17, 15) is 22.8 Å². The van der Waals surface area contributed by atoms with Crippen molar-refractivity contribution in [3.63, 3.8) is 0 Å². The molecule has 0 aliphatic carbocycles. The lowest BCUT2D eigenvalue weighted by molar-refractivity contribution is -0.274. The van der Waals surface area contributed by atoms with Crippen molar-refractivity contribution in [2.45, 2.75) is 13.3 Å². The SMILES string of the molecule is COC(=O)N(c1nc2cc(OC(F)(F)F)ccc2s1)c1oc(=O)oc1C. The van der Waals surface area contributed by atoms with Crippen LogP contribution in [0.1, 0.15) is 5.76 Å². The highest BCUT2D eigenvalue weighted by atomic mass is 32.1. The van der Waals surface area contributed by atoms with Crippen molar-refractivity contribution in [1.82, 2.24) is 4.98 Å². The molecular formula is C14H9F3N2O6S. The molecule has 3 rings (SSSR count). The summed E-state index contributed by atoms with van der Waals surface area (Å²) < 4.78 is 55.5. The maximum Gasteiger partial charge on any atom is 0.573 e. The number of fused-ring (bicyclic) bond motifs is 1. The Kier molecular flexibility index (Phi) is 4.36. The van der Waals surface area contributed by atoms with Gasteiger partial charge in [0.2, 0.25) is 5.13 Å². The topological polar surface area (TPSA) is 95.0 Å². The number of methoxy groups -OCH3 is 1. The summed E-state index contributed by atoms with van der Waals surface area (Å²) in [5.74, 6) is -1.74. The average Bonchev–Trinajstić information content (AvgIpc) is 3.08. The maximum absolute atomic E-state index is 12.3. The second-order valence-electron chi connectivity index (χ2n) is 4.79. The first-order valence-electron chi connectivity index (χ1n) is 6.83. The minimum atomic E-state index is -4.85. The van der Waals surface area contributed by atoms with Crippen LogP contribution in [0.2, 0.25) is 0 Å². The fraction of sp³-hybridized carbons (Fsp3) is 0.214. The van der Waals surface area contributed by atoms with Gasteiger partial charge in [-0.2, -0.15) is 4.90 Å². The lowest BCUT2D eigenvalue weighted by Crippen LogP contribution is -2.25. The van der Waals surface area contributed by atoms with E-state index < -0.39 is 24.0 Å². The largest absolute Gasteiger partial charge is 0.573 e. The van der Waals surface area contributed by atoms with Crippen LogP contribution in [0.15, 0.2) is 31.8 Å². The zero-order chi connectivity index (χ0) is 19.1. The zero-order valence-corrected chi connectivity index (χ0v) is 13.9. The van der Waals surface area contributed by atoms with E-state index in [1.165, 1.54) is 13.0 Å². The normalized spacial score (nSPS) is 11.6. The molecule has 1 aromatic carbocycles. The number of carbonyl (C=O) groups excluding carboxylic acids is 1.